The molecule has 0 bridgehead atoms. The molecular weight excluding hydrogens is 322 g/mol. The second kappa shape index (κ2) is 6.79. The maximum atomic E-state index is 12.7. The fraction of sp³-hybridized carbons (Fsp3) is 0.529. The van der Waals surface area contributed by atoms with Crippen molar-refractivity contribution in [2.24, 2.45) is 0 Å². The number of pyridine rings is 1. The molecule has 0 saturated heterocycles. The van der Waals surface area contributed by atoms with E-state index in [0.717, 1.165) is 18.5 Å². The van der Waals surface area contributed by atoms with E-state index in [1.54, 1.807) is 13.0 Å². The minimum absolute atomic E-state index is 0.104. The molecule has 2 heterocycles. The summed E-state index contributed by atoms with van der Waals surface area (Å²) >= 11 is 0. The average Bonchev–Trinajstić information content (AvgIpc) is 3.43. The lowest BCUT2D eigenvalue weighted by atomic mass is 10.1. The van der Waals surface area contributed by atoms with Crippen LogP contribution in [0.2, 0.25) is 0 Å². The summed E-state index contributed by atoms with van der Waals surface area (Å²) in [7, 11) is 1.81. The van der Waals surface area contributed by atoms with Crippen molar-refractivity contribution in [2.75, 3.05) is 13.6 Å². The Bertz CT molecular complexity index is 926. The molecule has 1 fully saturated rings. The Balaban J connectivity index is 2.17. The Labute approximate surface area is 144 Å². The number of hydrogen-bond acceptors (Lipinski definition) is 5. The molecule has 8 heteroatoms. The highest BCUT2D eigenvalue weighted by Gasteiger charge is 2.28. The highest BCUT2D eigenvalue weighted by atomic mass is 16.2. The highest BCUT2D eigenvalue weighted by Crippen LogP contribution is 2.39. The molecule has 1 aliphatic carbocycles. The van der Waals surface area contributed by atoms with Crippen LogP contribution in [0, 0.1) is 0 Å². The van der Waals surface area contributed by atoms with Gasteiger partial charge in [-0.05, 0) is 39.8 Å². The number of nitrogens with zero attached hydrogens (tertiary/aromatic N) is 2. The van der Waals surface area contributed by atoms with Crippen LogP contribution in [0.5, 0.6) is 0 Å². The Morgan fingerprint density at radius 2 is 2.16 bits per heavy atom. The third-order valence-electron chi connectivity index (χ3n) is 4.59. The van der Waals surface area contributed by atoms with Crippen molar-refractivity contribution in [2.45, 2.75) is 45.2 Å². The first kappa shape index (κ1) is 17.3. The van der Waals surface area contributed by atoms with E-state index in [-0.39, 0.29) is 28.5 Å². The third-order valence-corrected chi connectivity index (χ3v) is 4.59. The van der Waals surface area contributed by atoms with Crippen molar-refractivity contribution in [3.63, 3.8) is 0 Å². The van der Waals surface area contributed by atoms with Gasteiger partial charge in [-0.1, -0.05) is 0 Å². The van der Waals surface area contributed by atoms with Crippen molar-refractivity contribution in [3.8, 4) is 0 Å². The Kier molecular flexibility index (Phi) is 4.71. The molecule has 1 aliphatic rings. The van der Waals surface area contributed by atoms with Crippen LogP contribution >= 0.6 is 0 Å². The summed E-state index contributed by atoms with van der Waals surface area (Å²) < 4.78 is 1.40. The van der Waals surface area contributed by atoms with E-state index in [9.17, 15) is 14.4 Å². The Hall–Kier alpha value is -2.48. The zero-order chi connectivity index (χ0) is 18.1. The van der Waals surface area contributed by atoms with E-state index in [4.69, 9.17) is 0 Å². The van der Waals surface area contributed by atoms with Crippen molar-refractivity contribution in [3.05, 3.63) is 38.2 Å². The number of nitrogens with one attached hydrogen (secondary N) is 3. The number of hydrogen-bond donors (Lipinski definition) is 3. The summed E-state index contributed by atoms with van der Waals surface area (Å²) in [4.78, 5) is 44.0. The first-order chi connectivity index (χ1) is 12.0. The number of aromatic amines is 1. The molecular formula is C17H23N5O3. The molecule has 0 aliphatic heterocycles. The van der Waals surface area contributed by atoms with Gasteiger partial charge in [-0.3, -0.25) is 19.1 Å². The maximum Gasteiger partial charge on any atom is 0.329 e. The Morgan fingerprint density at radius 3 is 2.76 bits per heavy atom. The van der Waals surface area contributed by atoms with E-state index in [2.05, 4.69) is 20.6 Å². The van der Waals surface area contributed by atoms with Crippen LogP contribution in [0.4, 0.5) is 0 Å². The van der Waals surface area contributed by atoms with Gasteiger partial charge in [0.05, 0.1) is 10.9 Å². The third kappa shape index (κ3) is 3.34. The lowest BCUT2D eigenvalue weighted by Gasteiger charge is -2.14. The number of rotatable bonds is 6. The van der Waals surface area contributed by atoms with Crippen molar-refractivity contribution < 1.29 is 4.79 Å². The van der Waals surface area contributed by atoms with E-state index < -0.39 is 11.2 Å². The van der Waals surface area contributed by atoms with Gasteiger partial charge in [-0.25, -0.2) is 9.78 Å². The summed E-state index contributed by atoms with van der Waals surface area (Å²) in [6.07, 6.45) is 2.02. The molecule has 8 nitrogen and oxygen atoms in total. The minimum atomic E-state index is -0.577. The molecule has 3 rings (SSSR count). The van der Waals surface area contributed by atoms with Crippen LogP contribution in [0.1, 0.15) is 48.7 Å². The molecule has 1 unspecified atom stereocenters. The summed E-state index contributed by atoms with van der Waals surface area (Å²) in [6.45, 7) is 4.55. The quantitative estimate of drug-likeness (QED) is 0.699. The number of aryl methyl sites for hydroxylation is 1. The Morgan fingerprint density at radius 1 is 1.44 bits per heavy atom. The minimum Gasteiger partial charge on any atom is -0.350 e. The molecule has 1 saturated carbocycles. The number of H-pyrrole nitrogens is 1. The van der Waals surface area contributed by atoms with Crippen LogP contribution in [0.25, 0.3) is 11.0 Å². The van der Waals surface area contributed by atoms with E-state index in [1.807, 2.05) is 14.0 Å². The number of aromatic nitrogens is 3. The monoisotopic (exact) mass is 345 g/mol. The number of carbonyl (C=O) groups excluding carboxylic acids is 1. The predicted octanol–water partition coefficient (Wildman–Crippen LogP) is 0.320. The van der Waals surface area contributed by atoms with Crippen molar-refractivity contribution in [1.29, 1.82) is 0 Å². The van der Waals surface area contributed by atoms with Crippen molar-refractivity contribution >= 4 is 16.9 Å². The molecule has 0 radical (unpaired) electrons. The molecule has 1 atom stereocenters. The first-order valence-corrected chi connectivity index (χ1v) is 8.59. The standard InChI is InChI=1S/C17H23N5O3/c1-4-22-14-13(16(24)21-17(22)25)11(7-12(20-14)10-5-6-10)15(23)19-8-9(2)18-3/h7,9-10,18H,4-6,8H2,1-3H3,(H,19,23)(H,21,24,25). The number of carbonyl (C=O) groups is 1. The zero-order valence-electron chi connectivity index (χ0n) is 14.7. The van der Waals surface area contributed by atoms with Gasteiger partial charge < -0.3 is 10.6 Å². The van der Waals surface area contributed by atoms with E-state index in [1.165, 1.54) is 4.57 Å². The maximum absolute atomic E-state index is 12.7. The molecule has 0 spiro atoms. The van der Waals surface area contributed by atoms with Gasteiger partial charge >= 0.3 is 5.69 Å². The molecule has 2 aromatic heterocycles. The fourth-order valence-corrected chi connectivity index (χ4v) is 2.80. The lowest BCUT2D eigenvalue weighted by Crippen LogP contribution is -2.38. The average molecular weight is 345 g/mol. The molecule has 134 valence electrons. The normalized spacial score (nSPS) is 15.3. The lowest BCUT2D eigenvalue weighted by molar-refractivity contribution is 0.0952. The van der Waals surface area contributed by atoms with Crippen LogP contribution < -0.4 is 21.9 Å². The van der Waals surface area contributed by atoms with E-state index >= 15 is 0 Å². The molecule has 2 aromatic rings. The SMILES string of the molecule is CCn1c(=O)[nH]c(=O)c2c(C(=O)NCC(C)NC)cc(C3CC3)nc21. The van der Waals surface area contributed by atoms with Gasteiger partial charge in [0.2, 0.25) is 0 Å². The van der Waals surface area contributed by atoms with Crippen LogP contribution in [-0.2, 0) is 6.54 Å². The molecule has 25 heavy (non-hydrogen) atoms. The smallest absolute Gasteiger partial charge is 0.329 e. The number of likely N-dealkylation sites (N-methyl/N-ethyl adjacent to an activating group) is 1. The van der Waals surface area contributed by atoms with Crippen LogP contribution in [-0.4, -0.2) is 40.1 Å². The molecule has 1 amide bonds. The number of amides is 1. The van der Waals surface area contributed by atoms with Gasteiger partial charge in [-0.15, -0.1) is 0 Å². The summed E-state index contributed by atoms with van der Waals surface area (Å²) in [5, 5.41) is 6.05. The fourth-order valence-electron chi connectivity index (χ4n) is 2.80. The molecule has 0 aromatic carbocycles. The topological polar surface area (TPSA) is 109 Å². The zero-order valence-corrected chi connectivity index (χ0v) is 14.7. The second-order valence-corrected chi connectivity index (χ2v) is 6.47. The van der Waals surface area contributed by atoms with Gasteiger partial charge in [0.15, 0.2) is 5.65 Å². The van der Waals surface area contributed by atoms with Gasteiger partial charge in [0.25, 0.3) is 11.5 Å². The summed E-state index contributed by atoms with van der Waals surface area (Å²) in [5.74, 6) is -0.0323. The summed E-state index contributed by atoms with van der Waals surface area (Å²) in [5.41, 5.74) is 0.250. The van der Waals surface area contributed by atoms with Gasteiger partial charge in [-0.2, -0.15) is 0 Å². The van der Waals surface area contributed by atoms with Crippen LogP contribution in [0.3, 0.4) is 0 Å². The second-order valence-electron chi connectivity index (χ2n) is 6.47. The summed E-state index contributed by atoms with van der Waals surface area (Å²) in [6, 6.07) is 1.80. The van der Waals surface area contributed by atoms with Gasteiger partial charge in [0, 0.05) is 30.7 Å². The van der Waals surface area contributed by atoms with E-state index in [0.29, 0.717) is 19.0 Å². The first-order valence-electron chi connectivity index (χ1n) is 8.59. The van der Waals surface area contributed by atoms with Crippen LogP contribution in [0.15, 0.2) is 15.7 Å². The number of fused-ring (bicyclic) bond motifs is 1. The van der Waals surface area contributed by atoms with Gasteiger partial charge in [0.1, 0.15) is 0 Å². The predicted molar refractivity (Wildman–Crippen MR) is 95.1 cm³/mol. The largest absolute Gasteiger partial charge is 0.350 e. The molecule has 3 N–H and O–H groups in total. The highest BCUT2D eigenvalue weighted by molar-refractivity contribution is 6.05. The van der Waals surface area contributed by atoms with Crippen molar-refractivity contribution in [1.82, 2.24) is 25.2 Å².